The number of amides is 1. The van der Waals surface area contributed by atoms with Crippen LogP contribution in [0.25, 0.3) is 0 Å². The maximum atomic E-state index is 13.5. The monoisotopic (exact) mass is 517 g/mol. The molecule has 0 aromatic heterocycles. The van der Waals surface area contributed by atoms with Crippen molar-refractivity contribution in [1.82, 2.24) is 5.32 Å². The van der Waals surface area contributed by atoms with Gasteiger partial charge in [0, 0.05) is 26.2 Å². The lowest BCUT2D eigenvalue weighted by Gasteiger charge is -2.53. The Morgan fingerprint density at radius 2 is 1.59 bits per heavy atom. The van der Waals surface area contributed by atoms with Crippen LogP contribution in [-0.4, -0.2) is 92.8 Å². The molecule has 1 saturated heterocycles. The quantitative estimate of drug-likeness (QED) is 0.228. The summed E-state index contributed by atoms with van der Waals surface area (Å²) in [5, 5.41) is 56.5. The molecule has 202 valence electrons. The average molecular weight is 518 g/mol. The van der Waals surface area contributed by atoms with E-state index in [9.17, 15) is 35.1 Å². The second-order valence-electron chi connectivity index (χ2n) is 9.50. The van der Waals surface area contributed by atoms with Crippen LogP contribution in [0.15, 0.2) is 60.7 Å². The summed E-state index contributed by atoms with van der Waals surface area (Å²) >= 11 is 0. The topological polar surface area (TPSA) is 166 Å². The largest absolute Gasteiger partial charge is 0.467 e. The Morgan fingerprint density at radius 1 is 1.08 bits per heavy atom. The molecule has 0 bridgehead atoms. The molecule has 0 spiro atoms. The number of aliphatic hydroxyl groups excluding tert-OH is 4. The molecule has 1 aliphatic heterocycles. The Morgan fingerprint density at radius 3 is 2.03 bits per heavy atom. The van der Waals surface area contributed by atoms with Crippen molar-refractivity contribution in [2.24, 2.45) is 0 Å². The second kappa shape index (κ2) is 12.1. The number of hydrogen-bond acceptors (Lipinski definition) is 9. The number of benzene rings is 2. The van der Waals surface area contributed by atoms with Crippen molar-refractivity contribution in [2.75, 3.05) is 13.7 Å². The summed E-state index contributed by atoms with van der Waals surface area (Å²) in [6.45, 7) is 0.343. The Labute approximate surface area is 215 Å². The van der Waals surface area contributed by atoms with E-state index in [0.717, 1.165) is 7.11 Å². The minimum Gasteiger partial charge on any atom is -0.467 e. The molecular formula is C27H35NO9. The molecule has 3 rings (SSSR count). The van der Waals surface area contributed by atoms with Crippen LogP contribution in [0.3, 0.4) is 0 Å². The van der Waals surface area contributed by atoms with Crippen LogP contribution in [0.4, 0.5) is 0 Å². The minimum absolute atomic E-state index is 0.0965. The van der Waals surface area contributed by atoms with E-state index in [1.165, 1.54) is 6.92 Å². The van der Waals surface area contributed by atoms with E-state index in [0.29, 0.717) is 11.1 Å². The van der Waals surface area contributed by atoms with E-state index in [4.69, 9.17) is 9.47 Å². The molecule has 0 radical (unpaired) electrons. The molecule has 2 aromatic rings. The van der Waals surface area contributed by atoms with Gasteiger partial charge in [-0.15, -0.1) is 0 Å². The fourth-order valence-electron chi connectivity index (χ4n) is 5.02. The van der Waals surface area contributed by atoms with Crippen molar-refractivity contribution < 1.29 is 44.6 Å². The Balaban J connectivity index is 2.18. The summed E-state index contributed by atoms with van der Waals surface area (Å²) in [6.07, 6.45) is -7.33. The standard InChI is InChI=1S/C27H35NO9/c1-17(30)28-22-20(31)15-27(25(34)36-2,37-24(22)23(33)21(32)16-29)26(35,13-18-9-5-3-6-10-18)14-19-11-7-4-8-12-19/h3-12,20-24,29,31-33,35H,13-16H2,1-2H3,(H,28,30)/t20-,21+,22+,23+,24+,27+/m0/s1. The molecule has 1 aliphatic rings. The number of nitrogens with one attached hydrogen (secondary N) is 1. The van der Waals surface area contributed by atoms with Gasteiger partial charge in [0.05, 0.1) is 25.9 Å². The van der Waals surface area contributed by atoms with Gasteiger partial charge in [0.1, 0.15) is 23.9 Å². The average Bonchev–Trinajstić information content (AvgIpc) is 2.89. The van der Waals surface area contributed by atoms with Crippen molar-refractivity contribution in [3.8, 4) is 0 Å². The zero-order valence-corrected chi connectivity index (χ0v) is 20.9. The Hall–Kier alpha value is -2.86. The van der Waals surface area contributed by atoms with E-state index in [1.54, 1.807) is 60.7 Å². The number of carbonyl (C=O) groups is 2. The Kier molecular flexibility index (Phi) is 9.41. The lowest BCUT2D eigenvalue weighted by molar-refractivity contribution is -0.276. The fourth-order valence-corrected chi connectivity index (χ4v) is 5.02. The SMILES string of the molecule is COC(=O)[C@@]1(C(O)(Cc2ccccc2)Cc2ccccc2)C[C@H](O)[C@@H](NC(C)=O)[C@H]([C@H](O)[C@H](O)CO)O1. The smallest absolute Gasteiger partial charge is 0.341 e. The van der Waals surface area contributed by atoms with Gasteiger partial charge in [0.25, 0.3) is 0 Å². The van der Waals surface area contributed by atoms with Crippen LogP contribution >= 0.6 is 0 Å². The summed E-state index contributed by atoms with van der Waals surface area (Å²) in [5.41, 5.74) is -2.92. The van der Waals surface area contributed by atoms with Crippen molar-refractivity contribution in [1.29, 1.82) is 0 Å². The molecule has 0 saturated carbocycles. The zero-order chi connectivity index (χ0) is 27.2. The molecule has 1 heterocycles. The summed E-state index contributed by atoms with van der Waals surface area (Å²) < 4.78 is 11.3. The molecular weight excluding hydrogens is 482 g/mol. The third kappa shape index (κ3) is 6.18. The molecule has 0 aliphatic carbocycles. The number of methoxy groups -OCH3 is 1. The molecule has 10 nitrogen and oxygen atoms in total. The highest BCUT2D eigenvalue weighted by molar-refractivity contribution is 5.82. The van der Waals surface area contributed by atoms with Gasteiger partial charge in [0.15, 0.2) is 5.60 Å². The summed E-state index contributed by atoms with van der Waals surface area (Å²) in [6, 6.07) is 16.5. The lowest BCUT2D eigenvalue weighted by atomic mass is 9.68. The summed E-state index contributed by atoms with van der Waals surface area (Å²) in [7, 11) is 1.11. The van der Waals surface area contributed by atoms with Gasteiger partial charge in [-0.2, -0.15) is 0 Å². The molecule has 37 heavy (non-hydrogen) atoms. The predicted molar refractivity (Wildman–Crippen MR) is 132 cm³/mol. The van der Waals surface area contributed by atoms with E-state index >= 15 is 0 Å². The van der Waals surface area contributed by atoms with Crippen molar-refractivity contribution in [3.05, 3.63) is 71.8 Å². The fraction of sp³-hybridized carbons (Fsp3) is 0.481. The van der Waals surface area contributed by atoms with Crippen molar-refractivity contribution >= 4 is 11.9 Å². The zero-order valence-electron chi connectivity index (χ0n) is 20.9. The number of hydrogen-bond donors (Lipinski definition) is 6. The third-order valence-corrected chi connectivity index (χ3v) is 6.84. The number of carbonyl (C=O) groups excluding carboxylic acids is 2. The highest BCUT2D eigenvalue weighted by atomic mass is 16.6. The van der Waals surface area contributed by atoms with Crippen LogP contribution in [0, 0.1) is 0 Å². The first kappa shape index (κ1) is 28.7. The maximum Gasteiger partial charge on any atom is 0.341 e. The first-order valence-corrected chi connectivity index (χ1v) is 12.1. The highest BCUT2D eigenvalue weighted by Crippen LogP contribution is 2.43. The Bertz CT molecular complexity index is 993. The molecule has 6 atom stereocenters. The molecule has 0 unspecified atom stereocenters. The van der Waals surface area contributed by atoms with Crippen LogP contribution in [-0.2, 0) is 31.9 Å². The van der Waals surface area contributed by atoms with E-state index in [1.807, 2.05) is 0 Å². The van der Waals surface area contributed by atoms with Crippen LogP contribution in [0.2, 0.25) is 0 Å². The van der Waals surface area contributed by atoms with Crippen LogP contribution in [0.1, 0.15) is 24.5 Å². The first-order chi connectivity index (χ1) is 17.6. The van der Waals surface area contributed by atoms with Crippen LogP contribution in [0.5, 0.6) is 0 Å². The number of aliphatic hydroxyl groups is 5. The van der Waals surface area contributed by atoms with Gasteiger partial charge in [-0.3, -0.25) is 4.79 Å². The lowest BCUT2D eigenvalue weighted by Crippen LogP contribution is -2.74. The number of ether oxygens (including phenoxy) is 2. The normalized spacial score (nSPS) is 25.6. The molecule has 1 amide bonds. The summed E-state index contributed by atoms with van der Waals surface area (Å²) in [4.78, 5) is 25.4. The van der Waals surface area contributed by atoms with Crippen LogP contribution < -0.4 is 5.32 Å². The predicted octanol–water partition coefficient (Wildman–Crippen LogP) is -0.517. The third-order valence-electron chi connectivity index (χ3n) is 6.84. The van der Waals surface area contributed by atoms with Gasteiger partial charge >= 0.3 is 5.97 Å². The minimum atomic E-state index is -2.23. The van der Waals surface area contributed by atoms with Crippen molar-refractivity contribution in [3.63, 3.8) is 0 Å². The van der Waals surface area contributed by atoms with Crippen molar-refractivity contribution in [2.45, 2.75) is 67.8 Å². The van der Waals surface area contributed by atoms with E-state index in [-0.39, 0.29) is 12.8 Å². The maximum absolute atomic E-state index is 13.5. The second-order valence-corrected chi connectivity index (χ2v) is 9.50. The highest BCUT2D eigenvalue weighted by Gasteiger charge is 2.64. The van der Waals surface area contributed by atoms with Gasteiger partial charge < -0.3 is 40.3 Å². The molecule has 6 N–H and O–H groups in total. The molecule has 1 fully saturated rings. The number of esters is 1. The molecule has 10 heteroatoms. The van der Waals surface area contributed by atoms with Gasteiger partial charge in [-0.25, -0.2) is 4.79 Å². The van der Waals surface area contributed by atoms with Gasteiger partial charge in [0.2, 0.25) is 5.91 Å². The first-order valence-electron chi connectivity index (χ1n) is 12.1. The van der Waals surface area contributed by atoms with E-state index in [2.05, 4.69) is 5.32 Å². The van der Waals surface area contributed by atoms with Gasteiger partial charge in [-0.05, 0) is 11.1 Å². The number of rotatable bonds is 10. The van der Waals surface area contributed by atoms with E-state index < -0.39 is 66.6 Å². The molecule has 2 aromatic carbocycles. The summed E-state index contributed by atoms with van der Waals surface area (Å²) in [5.74, 6) is -1.56. The van der Waals surface area contributed by atoms with Gasteiger partial charge in [-0.1, -0.05) is 60.7 Å².